The molecule has 0 radical (unpaired) electrons. The summed E-state index contributed by atoms with van der Waals surface area (Å²) in [6.45, 7) is 2.08. The third-order valence-corrected chi connectivity index (χ3v) is 5.94. The summed E-state index contributed by atoms with van der Waals surface area (Å²) in [5.74, 6) is 0.790. The molecule has 5 rings (SSSR count). The van der Waals surface area contributed by atoms with E-state index in [2.05, 4.69) is 15.2 Å². The van der Waals surface area contributed by atoms with Crippen LogP contribution >= 0.6 is 0 Å². The SMILES string of the molecule is COc1ccc(C(=O)N2C[C@@H]3CN(C(=O)Cn4nc5ccccc5n4)CC[C@@H]32)cn1. The number of carbonyl (C=O) groups is 2. The van der Waals surface area contributed by atoms with Crippen molar-refractivity contribution in [2.75, 3.05) is 26.7 Å². The Hall–Kier alpha value is -3.49. The van der Waals surface area contributed by atoms with Crippen molar-refractivity contribution in [1.29, 1.82) is 0 Å². The standard InChI is InChI=1S/C21H22N6O3/c1-30-19-7-6-14(10-22-19)21(29)26-12-15-11-25(9-8-18(15)26)20(28)13-27-23-16-4-2-3-5-17(16)24-27/h2-7,10,15,18H,8-9,11-13H2,1H3/t15-,18-/m0/s1. The number of amides is 2. The first-order chi connectivity index (χ1) is 14.6. The second-order valence-corrected chi connectivity index (χ2v) is 7.72. The van der Waals surface area contributed by atoms with Crippen LogP contribution in [0.2, 0.25) is 0 Å². The number of ether oxygens (including phenoxy) is 1. The molecule has 0 saturated carbocycles. The van der Waals surface area contributed by atoms with Gasteiger partial charge >= 0.3 is 0 Å². The zero-order valence-electron chi connectivity index (χ0n) is 16.6. The number of nitrogens with zero attached hydrogens (tertiary/aromatic N) is 6. The molecular formula is C21H22N6O3. The number of aromatic nitrogens is 4. The van der Waals surface area contributed by atoms with Crippen LogP contribution in [0.25, 0.3) is 11.0 Å². The van der Waals surface area contributed by atoms with Gasteiger partial charge in [0.2, 0.25) is 11.8 Å². The van der Waals surface area contributed by atoms with Crippen molar-refractivity contribution in [1.82, 2.24) is 29.8 Å². The molecule has 0 aliphatic carbocycles. The summed E-state index contributed by atoms with van der Waals surface area (Å²) >= 11 is 0. The lowest BCUT2D eigenvalue weighted by atomic mass is 9.82. The number of carbonyl (C=O) groups excluding carboxylic acids is 2. The van der Waals surface area contributed by atoms with E-state index >= 15 is 0 Å². The summed E-state index contributed by atoms with van der Waals surface area (Å²) in [7, 11) is 1.55. The van der Waals surface area contributed by atoms with Crippen LogP contribution in [-0.4, -0.2) is 74.4 Å². The first-order valence-electron chi connectivity index (χ1n) is 10.0. The maximum Gasteiger partial charge on any atom is 0.255 e. The Morgan fingerprint density at radius 1 is 1.10 bits per heavy atom. The van der Waals surface area contributed by atoms with Crippen molar-refractivity contribution in [3.05, 3.63) is 48.2 Å². The number of rotatable bonds is 4. The number of fused-ring (bicyclic) bond motifs is 2. The van der Waals surface area contributed by atoms with Crippen molar-refractivity contribution in [2.24, 2.45) is 5.92 Å². The minimum absolute atomic E-state index is 0.0119. The Morgan fingerprint density at radius 2 is 1.87 bits per heavy atom. The van der Waals surface area contributed by atoms with E-state index in [-0.39, 0.29) is 24.4 Å². The lowest BCUT2D eigenvalue weighted by Gasteiger charge is -2.53. The minimum atomic E-state index is -0.0152. The van der Waals surface area contributed by atoms with Crippen LogP contribution in [-0.2, 0) is 11.3 Å². The second kappa shape index (κ2) is 7.40. The van der Waals surface area contributed by atoms with Gasteiger partial charge in [0.25, 0.3) is 5.91 Å². The third kappa shape index (κ3) is 3.26. The van der Waals surface area contributed by atoms with Crippen molar-refractivity contribution >= 4 is 22.8 Å². The maximum atomic E-state index is 12.8. The third-order valence-electron chi connectivity index (χ3n) is 5.94. The molecule has 0 spiro atoms. The molecule has 2 atom stereocenters. The highest BCUT2D eigenvalue weighted by Crippen LogP contribution is 2.33. The largest absolute Gasteiger partial charge is 0.481 e. The minimum Gasteiger partial charge on any atom is -0.481 e. The van der Waals surface area contributed by atoms with Crippen LogP contribution in [0.5, 0.6) is 5.88 Å². The molecule has 9 nitrogen and oxygen atoms in total. The molecule has 30 heavy (non-hydrogen) atoms. The van der Waals surface area contributed by atoms with Gasteiger partial charge in [-0.3, -0.25) is 9.59 Å². The molecule has 0 bridgehead atoms. The molecule has 2 saturated heterocycles. The number of piperidine rings is 1. The Balaban J connectivity index is 1.18. The van der Waals surface area contributed by atoms with E-state index < -0.39 is 0 Å². The summed E-state index contributed by atoms with van der Waals surface area (Å²) in [5.41, 5.74) is 2.12. The summed E-state index contributed by atoms with van der Waals surface area (Å²) in [6, 6.07) is 11.2. The maximum absolute atomic E-state index is 12.8. The lowest BCUT2D eigenvalue weighted by Crippen LogP contribution is -2.65. The van der Waals surface area contributed by atoms with E-state index in [0.29, 0.717) is 37.0 Å². The first-order valence-corrected chi connectivity index (χ1v) is 10.0. The number of hydrogen-bond acceptors (Lipinski definition) is 6. The van der Waals surface area contributed by atoms with Crippen LogP contribution < -0.4 is 4.74 Å². The predicted octanol–water partition coefficient (Wildman–Crippen LogP) is 1.21. The Kier molecular flexibility index (Phi) is 4.57. The quantitative estimate of drug-likeness (QED) is 0.647. The zero-order valence-corrected chi connectivity index (χ0v) is 16.6. The number of hydrogen-bond donors (Lipinski definition) is 0. The first kappa shape index (κ1) is 18.5. The van der Waals surface area contributed by atoms with Crippen LogP contribution in [0.3, 0.4) is 0 Å². The smallest absolute Gasteiger partial charge is 0.255 e. The molecule has 0 N–H and O–H groups in total. The summed E-state index contributed by atoms with van der Waals surface area (Å²) in [5, 5.41) is 8.73. The number of benzene rings is 1. The van der Waals surface area contributed by atoms with E-state index in [0.717, 1.165) is 17.5 Å². The topological polar surface area (TPSA) is 93.5 Å². The normalized spacial score (nSPS) is 20.6. The lowest BCUT2D eigenvalue weighted by molar-refractivity contribution is -0.137. The molecule has 2 fully saturated rings. The van der Waals surface area contributed by atoms with Gasteiger partial charge in [-0.1, -0.05) is 12.1 Å². The van der Waals surface area contributed by atoms with E-state index in [4.69, 9.17) is 4.74 Å². The van der Waals surface area contributed by atoms with E-state index in [1.807, 2.05) is 34.1 Å². The highest BCUT2D eigenvalue weighted by atomic mass is 16.5. The van der Waals surface area contributed by atoms with E-state index in [1.165, 1.54) is 4.80 Å². The molecule has 3 aromatic rings. The van der Waals surface area contributed by atoms with Gasteiger partial charge in [0.1, 0.15) is 17.6 Å². The molecule has 2 aliphatic rings. The van der Waals surface area contributed by atoms with Crippen LogP contribution in [0.15, 0.2) is 42.6 Å². The fraction of sp³-hybridized carbons (Fsp3) is 0.381. The van der Waals surface area contributed by atoms with Gasteiger partial charge in [-0.05, 0) is 24.6 Å². The summed E-state index contributed by atoms with van der Waals surface area (Å²) < 4.78 is 5.05. The van der Waals surface area contributed by atoms with E-state index in [1.54, 1.807) is 25.4 Å². The number of methoxy groups -OCH3 is 1. The summed E-state index contributed by atoms with van der Waals surface area (Å²) in [4.78, 5) is 34.8. The average Bonchev–Trinajstić information content (AvgIpc) is 3.16. The molecular weight excluding hydrogens is 384 g/mol. The monoisotopic (exact) mass is 406 g/mol. The highest BCUT2D eigenvalue weighted by molar-refractivity contribution is 5.94. The number of pyridine rings is 1. The second-order valence-electron chi connectivity index (χ2n) is 7.72. The van der Waals surface area contributed by atoms with Gasteiger partial charge in [-0.15, -0.1) is 0 Å². The fourth-order valence-electron chi connectivity index (χ4n) is 4.31. The Labute approximate surface area is 173 Å². The molecule has 0 unspecified atom stereocenters. The van der Waals surface area contributed by atoms with Gasteiger partial charge in [0.05, 0.1) is 12.7 Å². The van der Waals surface area contributed by atoms with Gasteiger partial charge < -0.3 is 14.5 Å². The Morgan fingerprint density at radius 3 is 2.50 bits per heavy atom. The summed E-state index contributed by atoms with van der Waals surface area (Å²) in [6.07, 6.45) is 2.33. The van der Waals surface area contributed by atoms with Crippen molar-refractivity contribution in [3.8, 4) is 5.88 Å². The molecule has 9 heteroatoms. The van der Waals surface area contributed by atoms with Gasteiger partial charge in [0.15, 0.2) is 0 Å². The molecule has 1 aromatic carbocycles. The van der Waals surface area contributed by atoms with Crippen LogP contribution in [0.1, 0.15) is 16.8 Å². The zero-order chi connectivity index (χ0) is 20.7. The number of likely N-dealkylation sites (tertiary alicyclic amines) is 2. The Bertz CT molecular complexity index is 1060. The van der Waals surface area contributed by atoms with Crippen molar-refractivity contribution in [3.63, 3.8) is 0 Å². The molecule has 2 aliphatic heterocycles. The molecule has 2 aromatic heterocycles. The van der Waals surface area contributed by atoms with Crippen molar-refractivity contribution < 1.29 is 14.3 Å². The van der Waals surface area contributed by atoms with Gasteiger partial charge in [-0.2, -0.15) is 15.0 Å². The van der Waals surface area contributed by atoms with Crippen LogP contribution in [0, 0.1) is 5.92 Å². The molecule has 4 heterocycles. The fourth-order valence-corrected chi connectivity index (χ4v) is 4.31. The average molecular weight is 406 g/mol. The van der Waals surface area contributed by atoms with Crippen LogP contribution in [0.4, 0.5) is 0 Å². The highest BCUT2D eigenvalue weighted by Gasteiger charge is 2.45. The molecule has 2 amide bonds. The predicted molar refractivity (Wildman–Crippen MR) is 108 cm³/mol. The van der Waals surface area contributed by atoms with Gasteiger partial charge in [0, 0.05) is 43.9 Å². The van der Waals surface area contributed by atoms with Crippen molar-refractivity contribution in [2.45, 2.75) is 19.0 Å². The molecule has 154 valence electrons. The van der Waals surface area contributed by atoms with Gasteiger partial charge in [-0.25, -0.2) is 4.98 Å². The van der Waals surface area contributed by atoms with E-state index in [9.17, 15) is 9.59 Å².